The van der Waals surface area contributed by atoms with Crippen molar-refractivity contribution in [2.24, 2.45) is 0 Å². The minimum atomic E-state index is -0.311. The Labute approximate surface area is 149 Å². The first-order valence-electron chi connectivity index (χ1n) is 8.80. The van der Waals surface area contributed by atoms with Gasteiger partial charge in [-0.3, -0.25) is 9.48 Å². The summed E-state index contributed by atoms with van der Waals surface area (Å²) in [6, 6.07) is 9.92. The van der Waals surface area contributed by atoms with Gasteiger partial charge in [-0.2, -0.15) is 5.10 Å². The molecule has 2 aromatic rings. The second-order valence-corrected chi connectivity index (χ2v) is 7.66. The molecule has 0 spiro atoms. The number of aromatic nitrogens is 2. The van der Waals surface area contributed by atoms with E-state index in [2.05, 4.69) is 11.2 Å². The Balaban J connectivity index is 1.79. The van der Waals surface area contributed by atoms with Crippen molar-refractivity contribution in [1.29, 1.82) is 0 Å². The van der Waals surface area contributed by atoms with Crippen molar-refractivity contribution in [3.63, 3.8) is 0 Å². The number of carbonyl (C=O) groups is 1. The second-order valence-electron chi connectivity index (χ2n) is 7.66. The molecule has 0 saturated carbocycles. The lowest BCUT2D eigenvalue weighted by atomic mass is 10.0. The quantitative estimate of drug-likeness (QED) is 0.861. The van der Waals surface area contributed by atoms with Gasteiger partial charge in [0.15, 0.2) is 0 Å². The summed E-state index contributed by atoms with van der Waals surface area (Å²) in [7, 11) is 0. The topological polar surface area (TPSA) is 47.4 Å². The van der Waals surface area contributed by atoms with E-state index >= 15 is 0 Å². The first kappa shape index (κ1) is 17.7. The highest BCUT2D eigenvalue weighted by molar-refractivity contribution is 5.94. The summed E-state index contributed by atoms with van der Waals surface area (Å²) in [4.78, 5) is 14.9. The number of amides is 1. The van der Waals surface area contributed by atoms with E-state index in [9.17, 15) is 4.79 Å². The maximum absolute atomic E-state index is 13.0. The molecule has 25 heavy (non-hydrogen) atoms. The lowest BCUT2D eigenvalue weighted by Crippen LogP contribution is -2.53. The molecule has 3 rings (SSSR count). The molecule has 5 heteroatoms. The van der Waals surface area contributed by atoms with Gasteiger partial charge in [-0.15, -0.1) is 0 Å². The van der Waals surface area contributed by atoms with Crippen LogP contribution in [0.25, 0.3) is 0 Å². The number of rotatable bonds is 3. The van der Waals surface area contributed by atoms with Gasteiger partial charge in [0.2, 0.25) is 0 Å². The SMILES string of the molecule is Cc1cc(C)n(Cc2cccc(C(=O)N3CC(C)OC(C)(C)C3)c2)n1. The summed E-state index contributed by atoms with van der Waals surface area (Å²) in [5.74, 6) is 0.0680. The number of benzene rings is 1. The maximum Gasteiger partial charge on any atom is 0.254 e. The van der Waals surface area contributed by atoms with E-state index in [1.807, 2.05) is 68.5 Å². The molecule has 134 valence electrons. The van der Waals surface area contributed by atoms with Gasteiger partial charge < -0.3 is 9.64 Å². The van der Waals surface area contributed by atoms with Crippen molar-refractivity contribution < 1.29 is 9.53 Å². The molecule has 0 aliphatic carbocycles. The number of aryl methyl sites for hydroxylation is 2. The van der Waals surface area contributed by atoms with E-state index in [-0.39, 0.29) is 17.6 Å². The molecule has 0 radical (unpaired) electrons. The van der Waals surface area contributed by atoms with Gasteiger partial charge >= 0.3 is 0 Å². The predicted molar refractivity (Wildman–Crippen MR) is 97.8 cm³/mol. The van der Waals surface area contributed by atoms with E-state index in [1.54, 1.807) is 0 Å². The molecular formula is C20H27N3O2. The van der Waals surface area contributed by atoms with E-state index in [0.717, 1.165) is 22.5 Å². The molecule has 1 saturated heterocycles. The van der Waals surface area contributed by atoms with Crippen LogP contribution < -0.4 is 0 Å². The molecule has 1 fully saturated rings. The molecule has 1 atom stereocenters. The molecular weight excluding hydrogens is 314 g/mol. The van der Waals surface area contributed by atoms with Crippen molar-refractivity contribution in [3.05, 3.63) is 52.8 Å². The average molecular weight is 341 g/mol. The third-order valence-electron chi connectivity index (χ3n) is 4.47. The van der Waals surface area contributed by atoms with Crippen molar-refractivity contribution >= 4 is 5.91 Å². The van der Waals surface area contributed by atoms with Crippen LogP contribution in [-0.2, 0) is 11.3 Å². The number of morpholine rings is 1. The number of nitrogens with zero attached hydrogens (tertiary/aromatic N) is 3. The predicted octanol–water partition coefficient (Wildman–Crippen LogP) is 3.19. The fraction of sp³-hybridized carbons (Fsp3) is 0.500. The van der Waals surface area contributed by atoms with Gasteiger partial charge in [-0.05, 0) is 58.4 Å². The van der Waals surface area contributed by atoms with E-state index in [1.165, 1.54) is 0 Å². The Kier molecular flexibility index (Phi) is 4.69. The fourth-order valence-electron chi connectivity index (χ4n) is 3.60. The fourth-order valence-corrected chi connectivity index (χ4v) is 3.60. The van der Waals surface area contributed by atoms with Crippen LogP contribution in [0.4, 0.5) is 0 Å². The first-order chi connectivity index (χ1) is 11.7. The van der Waals surface area contributed by atoms with Crippen LogP contribution in [0.3, 0.4) is 0 Å². The summed E-state index contributed by atoms with van der Waals surface area (Å²) in [6.45, 7) is 12.0. The Morgan fingerprint density at radius 1 is 1.32 bits per heavy atom. The molecule has 5 nitrogen and oxygen atoms in total. The highest BCUT2D eigenvalue weighted by Crippen LogP contribution is 2.22. The Hall–Kier alpha value is -2.14. The van der Waals surface area contributed by atoms with Gasteiger partial charge in [0.1, 0.15) is 0 Å². The van der Waals surface area contributed by atoms with Gasteiger partial charge in [-0.25, -0.2) is 0 Å². The third-order valence-corrected chi connectivity index (χ3v) is 4.47. The second kappa shape index (κ2) is 6.64. The van der Waals surface area contributed by atoms with Gasteiger partial charge in [-0.1, -0.05) is 12.1 Å². The highest BCUT2D eigenvalue weighted by Gasteiger charge is 2.34. The minimum Gasteiger partial charge on any atom is -0.369 e. The smallest absolute Gasteiger partial charge is 0.254 e. The first-order valence-corrected chi connectivity index (χ1v) is 8.80. The average Bonchev–Trinajstić information content (AvgIpc) is 2.82. The zero-order valence-electron chi connectivity index (χ0n) is 15.7. The number of hydrogen-bond acceptors (Lipinski definition) is 3. The van der Waals surface area contributed by atoms with Gasteiger partial charge in [0.25, 0.3) is 5.91 Å². The summed E-state index contributed by atoms with van der Waals surface area (Å²) in [6.07, 6.45) is 0.0468. The zero-order valence-corrected chi connectivity index (χ0v) is 15.7. The molecule has 2 heterocycles. The monoisotopic (exact) mass is 341 g/mol. The van der Waals surface area contributed by atoms with Gasteiger partial charge in [0.05, 0.1) is 23.9 Å². The third kappa shape index (κ3) is 4.10. The van der Waals surface area contributed by atoms with Crippen molar-refractivity contribution in [3.8, 4) is 0 Å². The lowest BCUT2D eigenvalue weighted by Gasteiger charge is -2.41. The van der Waals surface area contributed by atoms with Crippen molar-refractivity contribution in [2.45, 2.75) is 52.9 Å². The molecule has 1 aromatic heterocycles. The van der Waals surface area contributed by atoms with Crippen LogP contribution in [0, 0.1) is 13.8 Å². The summed E-state index contributed by atoms with van der Waals surface area (Å²) in [5.41, 5.74) is 3.63. The largest absolute Gasteiger partial charge is 0.369 e. The van der Waals surface area contributed by atoms with Crippen LogP contribution >= 0.6 is 0 Å². The molecule has 1 aliphatic rings. The minimum absolute atomic E-state index is 0.0468. The van der Waals surface area contributed by atoms with Crippen LogP contribution in [0.2, 0.25) is 0 Å². The molecule has 1 amide bonds. The lowest BCUT2D eigenvalue weighted by molar-refractivity contribution is -0.118. The van der Waals surface area contributed by atoms with Gasteiger partial charge in [0, 0.05) is 24.3 Å². The van der Waals surface area contributed by atoms with Crippen LogP contribution in [0.15, 0.2) is 30.3 Å². The normalized spacial score (nSPS) is 19.9. The van der Waals surface area contributed by atoms with Crippen LogP contribution in [0.5, 0.6) is 0 Å². The summed E-state index contributed by atoms with van der Waals surface area (Å²) < 4.78 is 7.87. The molecule has 1 unspecified atom stereocenters. The molecule has 0 N–H and O–H groups in total. The Morgan fingerprint density at radius 2 is 2.08 bits per heavy atom. The molecule has 1 aromatic carbocycles. The van der Waals surface area contributed by atoms with Crippen LogP contribution in [-0.4, -0.2) is 45.4 Å². The number of ether oxygens (including phenoxy) is 1. The highest BCUT2D eigenvalue weighted by atomic mass is 16.5. The standard InChI is InChI=1S/C20H27N3O2/c1-14-9-15(2)23(21-14)12-17-7-6-8-18(10-17)19(24)22-11-16(3)25-20(4,5)13-22/h6-10,16H,11-13H2,1-5H3. The Bertz CT molecular complexity index is 779. The van der Waals surface area contributed by atoms with Crippen molar-refractivity contribution in [2.75, 3.05) is 13.1 Å². The summed E-state index contributed by atoms with van der Waals surface area (Å²) in [5, 5.41) is 4.50. The maximum atomic E-state index is 13.0. The summed E-state index contributed by atoms with van der Waals surface area (Å²) >= 11 is 0. The zero-order chi connectivity index (χ0) is 18.2. The van der Waals surface area contributed by atoms with Crippen LogP contribution in [0.1, 0.15) is 48.1 Å². The van der Waals surface area contributed by atoms with Crippen molar-refractivity contribution in [1.82, 2.24) is 14.7 Å². The van der Waals surface area contributed by atoms with E-state index in [4.69, 9.17) is 4.74 Å². The molecule has 1 aliphatic heterocycles. The van der Waals surface area contributed by atoms with E-state index in [0.29, 0.717) is 19.6 Å². The Morgan fingerprint density at radius 3 is 2.72 bits per heavy atom. The molecule has 0 bridgehead atoms. The number of hydrogen-bond donors (Lipinski definition) is 0. The number of carbonyl (C=O) groups excluding carboxylic acids is 1. The van der Waals surface area contributed by atoms with E-state index < -0.39 is 0 Å².